The van der Waals surface area contributed by atoms with E-state index < -0.39 is 18.4 Å². The summed E-state index contributed by atoms with van der Waals surface area (Å²) in [5.41, 5.74) is 1.12. The van der Waals surface area contributed by atoms with Crippen molar-refractivity contribution in [3.05, 3.63) is 35.4 Å². The van der Waals surface area contributed by atoms with E-state index in [2.05, 4.69) is 0 Å². The summed E-state index contributed by atoms with van der Waals surface area (Å²) in [6.07, 6.45) is -5.31. The first-order chi connectivity index (χ1) is 6.41. The Balaban J connectivity index is 2.80. The van der Waals surface area contributed by atoms with Gasteiger partial charge in [-0.05, 0) is 18.1 Å². The largest absolute Gasteiger partial charge is 0.450 e. The molecule has 4 heteroatoms. The molecule has 0 aromatic heterocycles. The number of carbonyl (C=O) groups excluding carboxylic acids is 1. The zero-order valence-corrected chi connectivity index (χ0v) is 7.56. The average Bonchev–Trinajstić information content (AvgIpc) is 2.07. The molecule has 0 radical (unpaired) electrons. The third-order valence-corrected chi connectivity index (χ3v) is 1.93. The highest BCUT2D eigenvalue weighted by molar-refractivity contribution is 5.86. The van der Waals surface area contributed by atoms with Crippen LogP contribution in [-0.2, 0) is 11.2 Å². The second kappa shape index (κ2) is 3.82. The van der Waals surface area contributed by atoms with Gasteiger partial charge in [-0.25, -0.2) is 0 Å². The van der Waals surface area contributed by atoms with Crippen LogP contribution >= 0.6 is 0 Å². The molecule has 0 amide bonds. The van der Waals surface area contributed by atoms with Crippen LogP contribution in [0.1, 0.15) is 11.1 Å². The van der Waals surface area contributed by atoms with Gasteiger partial charge in [-0.1, -0.05) is 24.3 Å². The highest BCUT2D eigenvalue weighted by Gasteiger charge is 2.37. The zero-order valence-electron chi connectivity index (χ0n) is 7.56. The molecule has 0 heterocycles. The Hall–Kier alpha value is -1.32. The van der Waals surface area contributed by atoms with E-state index in [-0.39, 0.29) is 0 Å². The predicted octanol–water partition coefficient (Wildman–Crippen LogP) is 2.67. The molecule has 0 saturated heterocycles. The van der Waals surface area contributed by atoms with Gasteiger partial charge in [0.15, 0.2) is 0 Å². The Kier molecular flexibility index (Phi) is 2.93. The molecule has 1 aromatic carbocycles. The number of rotatable bonds is 2. The molecule has 0 spiro atoms. The molecule has 0 saturated carbocycles. The van der Waals surface area contributed by atoms with Crippen LogP contribution in [0.25, 0.3) is 0 Å². The van der Waals surface area contributed by atoms with E-state index in [0.717, 1.165) is 0 Å². The molecule has 0 aliphatic carbocycles. The maximum absolute atomic E-state index is 11.9. The van der Waals surface area contributed by atoms with Gasteiger partial charge in [-0.15, -0.1) is 0 Å². The van der Waals surface area contributed by atoms with Gasteiger partial charge in [0, 0.05) is 6.42 Å². The molecule has 0 aliphatic heterocycles. The van der Waals surface area contributed by atoms with Gasteiger partial charge in [-0.2, -0.15) is 13.2 Å². The van der Waals surface area contributed by atoms with Crippen molar-refractivity contribution in [2.75, 3.05) is 0 Å². The minimum atomic E-state index is -4.73. The van der Waals surface area contributed by atoms with Crippen LogP contribution in [0, 0.1) is 6.92 Å². The van der Waals surface area contributed by atoms with E-state index in [9.17, 15) is 18.0 Å². The number of Topliss-reactive ketones (excluding diaryl/α,β-unsaturated/α-hetero) is 1. The molecule has 0 unspecified atom stereocenters. The molecule has 0 N–H and O–H groups in total. The van der Waals surface area contributed by atoms with Gasteiger partial charge >= 0.3 is 6.18 Å². The van der Waals surface area contributed by atoms with Crippen molar-refractivity contribution < 1.29 is 18.0 Å². The molecular formula is C10H9F3O. The lowest BCUT2D eigenvalue weighted by Crippen LogP contribution is -2.24. The molecule has 0 fully saturated rings. The van der Waals surface area contributed by atoms with Gasteiger partial charge in [0.2, 0.25) is 5.78 Å². The highest BCUT2D eigenvalue weighted by atomic mass is 19.4. The Morgan fingerprint density at radius 3 is 2.36 bits per heavy atom. The van der Waals surface area contributed by atoms with Crippen molar-refractivity contribution in [3.63, 3.8) is 0 Å². The van der Waals surface area contributed by atoms with E-state index in [1.54, 1.807) is 25.1 Å². The van der Waals surface area contributed by atoms with Crippen LogP contribution in [-0.4, -0.2) is 12.0 Å². The number of aryl methyl sites for hydroxylation is 1. The van der Waals surface area contributed by atoms with Gasteiger partial charge in [0.25, 0.3) is 0 Å². The van der Waals surface area contributed by atoms with Crippen LogP contribution in [0.2, 0.25) is 0 Å². The third-order valence-electron chi connectivity index (χ3n) is 1.93. The fourth-order valence-electron chi connectivity index (χ4n) is 1.08. The molecular weight excluding hydrogens is 193 g/mol. The molecule has 1 rings (SSSR count). The second-order valence-electron chi connectivity index (χ2n) is 3.02. The fourth-order valence-corrected chi connectivity index (χ4v) is 1.08. The van der Waals surface area contributed by atoms with E-state index in [4.69, 9.17) is 0 Å². The number of alkyl halides is 3. The smallest absolute Gasteiger partial charge is 0.289 e. The van der Waals surface area contributed by atoms with Crippen molar-refractivity contribution in [1.29, 1.82) is 0 Å². The van der Waals surface area contributed by atoms with Gasteiger partial charge in [0.1, 0.15) is 0 Å². The SMILES string of the molecule is Cc1ccccc1CC(=O)C(F)(F)F. The second-order valence-corrected chi connectivity index (χ2v) is 3.02. The number of carbonyl (C=O) groups is 1. The quantitative estimate of drug-likeness (QED) is 0.720. The first-order valence-corrected chi connectivity index (χ1v) is 4.06. The molecule has 0 aliphatic rings. The highest BCUT2D eigenvalue weighted by Crippen LogP contribution is 2.19. The minimum absolute atomic E-state index is 0.426. The van der Waals surface area contributed by atoms with E-state index >= 15 is 0 Å². The number of benzene rings is 1. The van der Waals surface area contributed by atoms with Crippen molar-refractivity contribution in [3.8, 4) is 0 Å². The predicted molar refractivity (Wildman–Crippen MR) is 45.9 cm³/mol. The monoisotopic (exact) mass is 202 g/mol. The van der Waals surface area contributed by atoms with Crippen molar-refractivity contribution in [2.45, 2.75) is 19.5 Å². The first kappa shape index (κ1) is 10.8. The Morgan fingerprint density at radius 2 is 1.86 bits per heavy atom. The molecule has 0 bridgehead atoms. The summed E-state index contributed by atoms with van der Waals surface area (Å²) in [4.78, 5) is 10.7. The molecule has 1 nitrogen and oxygen atoms in total. The summed E-state index contributed by atoms with van der Waals surface area (Å²) in [6.45, 7) is 1.68. The Morgan fingerprint density at radius 1 is 1.29 bits per heavy atom. The van der Waals surface area contributed by atoms with Crippen LogP contribution in [0.15, 0.2) is 24.3 Å². The zero-order chi connectivity index (χ0) is 10.8. The van der Waals surface area contributed by atoms with Crippen LogP contribution in [0.3, 0.4) is 0 Å². The third kappa shape index (κ3) is 2.58. The lowest BCUT2D eigenvalue weighted by atomic mass is 10.0. The summed E-state index contributed by atoms with van der Waals surface area (Å²) in [6, 6.07) is 6.54. The minimum Gasteiger partial charge on any atom is -0.289 e. The van der Waals surface area contributed by atoms with E-state index in [0.29, 0.717) is 11.1 Å². The summed E-state index contributed by atoms with van der Waals surface area (Å²) in [5.74, 6) is -1.70. The number of hydrogen-bond acceptors (Lipinski definition) is 1. The van der Waals surface area contributed by atoms with Crippen molar-refractivity contribution >= 4 is 5.78 Å². The van der Waals surface area contributed by atoms with E-state index in [1.165, 1.54) is 6.07 Å². The summed E-state index contributed by atoms with van der Waals surface area (Å²) in [7, 11) is 0. The Labute approximate surface area is 79.5 Å². The molecule has 76 valence electrons. The summed E-state index contributed by atoms with van der Waals surface area (Å²) >= 11 is 0. The maximum Gasteiger partial charge on any atom is 0.450 e. The van der Waals surface area contributed by atoms with Crippen LogP contribution in [0.4, 0.5) is 13.2 Å². The molecule has 0 atom stereocenters. The number of halogens is 3. The van der Waals surface area contributed by atoms with Crippen molar-refractivity contribution in [1.82, 2.24) is 0 Å². The number of hydrogen-bond donors (Lipinski definition) is 0. The fraction of sp³-hybridized carbons (Fsp3) is 0.300. The summed E-state index contributed by atoms with van der Waals surface area (Å²) in [5, 5.41) is 0. The Bertz CT molecular complexity index is 341. The lowest BCUT2D eigenvalue weighted by Gasteiger charge is -2.06. The normalized spacial score (nSPS) is 11.4. The van der Waals surface area contributed by atoms with Gasteiger partial charge < -0.3 is 0 Å². The van der Waals surface area contributed by atoms with Gasteiger partial charge in [0.05, 0.1) is 0 Å². The van der Waals surface area contributed by atoms with Crippen LogP contribution < -0.4 is 0 Å². The van der Waals surface area contributed by atoms with Crippen LogP contribution in [0.5, 0.6) is 0 Å². The lowest BCUT2D eigenvalue weighted by molar-refractivity contribution is -0.170. The maximum atomic E-state index is 11.9. The molecule has 1 aromatic rings. The van der Waals surface area contributed by atoms with Crippen molar-refractivity contribution in [2.24, 2.45) is 0 Å². The van der Waals surface area contributed by atoms with Gasteiger partial charge in [-0.3, -0.25) is 4.79 Å². The number of ketones is 1. The first-order valence-electron chi connectivity index (χ1n) is 4.06. The standard InChI is InChI=1S/C10H9F3O/c1-7-4-2-3-5-8(7)6-9(14)10(11,12)13/h2-5H,6H2,1H3. The summed E-state index contributed by atoms with van der Waals surface area (Å²) < 4.78 is 35.8. The topological polar surface area (TPSA) is 17.1 Å². The van der Waals surface area contributed by atoms with E-state index in [1.807, 2.05) is 0 Å². The molecule has 14 heavy (non-hydrogen) atoms. The average molecular weight is 202 g/mol.